The zero-order chi connectivity index (χ0) is 12.4. The molecule has 90 valence electrons. The van der Waals surface area contributed by atoms with Crippen LogP contribution >= 0.6 is 0 Å². The van der Waals surface area contributed by atoms with Gasteiger partial charge in [-0.15, -0.1) is 0 Å². The summed E-state index contributed by atoms with van der Waals surface area (Å²) in [5.41, 5.74) is 5.86. The van der Waals surface area contributed by atoms with E-state index in [0.717, 1.165) is 5.39 Å². The number of nitrogens with two attached hydrogens (primary N) is 1. The zero-order valence-corrected chi connectivity index (χ0v) is 10.0. The highest BCUT2D eigenvalue weighted by atomic mass is 16.5. The number of ether oxygens (including phenoxy) is 1. The minimum atomic E-state index is -0.0721. The Morgan fingerprint density at radius 3 is 2.82 bits per heavy atom. The van der Waals surface area contributed by atoms with Crippen molar-refractivity contribution in [2.75, 3.05) is 19.5 Å². The van der Waals surface area contributed by atoms with Crippen LogP contribution in [-0.2, 0) is 4.74 Å². The molecule has 1 atom stereocenters. The molecule has 2 aromatic rings. The van der Waals surface area contributed by atoms with Crippen molar-refractivity contribution in [2.24, 2.45) is 0 Å². The molecule has 1 aromatic carbocycles. The van der Waals surface area contributed by atoms with Crippen molar-refractivity contribution in [3.63, 3.8) is 0 Å². The number of aromatic nitrogens is 1. The van der Waals surface area contributed by atoms with E-state index >= 15 is 0 Å². The normalized spacial score (nSPS) is 12.8. The first-order chi connectivity index (χ1) is 8.15. The van der Waals surface area contributed by atoms with Crippen molar-refractivity contribution < 1.29 is 4.74 Å². The number of rotatable bonds is 3. The van der Waals surface area contributed by atoms with Gasteiger partial charge in [0.1, 0.15) is 5.82 Å². The number of nitrogens with zero attached hydrogens (tertiary/aromatic N) is 1. The predicted octanol–water partition coefficient (Wildman–Crippen LogP) is 1.79. The Hall–Kier alpha value is -1.81. The van der Waals surface area contributed by atoms with Crippen molar-refractivity contribution in [1.29, 1.82) is 0 Å². The maximum Gasteiger partial charge on any atom is 0.260 e. The van der Waals surface area contributed by atoms with E-state index in [2.05, 4.69) is 0 Å². The van der Waals surface area contributed by atoms with Gasteiger partial charge >= 0.3 is 0 Å². The number of methoxy groups -OCH3 is 1. The van der Waals surface area contributed by atoms with Crippen LogP contribution < -0.4 is 11.3 Å². The summed E-state index contributed by atoms with van der Waals surface area (Å²) < 4.78 is 6.64. The third-order valence-electron chi connectivity index (χ3n) is 2.84. The average molecular weight is 232 g/mol. The smallest absolute Gasteiger partial charge is 0.260 e. The highest BCUT2D eigenvalue weighted by Crippen LogP contribution is 2.16. The molecule has 0 radical (unpaired) electrons. The van der Waals surface area contributed by atoms with Gasteiger partial charge in [-0.05, 0) is 24.4 Å². The SMILES string of the molecule is COCC(C)n1c(N)cc2ccccc2c1=O. The lowest BCUT2D eigenvalue weighted by molar-refractivity contribution is 0.162. The Labute approximate surface area is 99.6 Å². The van der Waals surface area contributed by atoms with E-state index < -0.39 is 0 Å². The Bertz CT molecular complexity index is 589. The summed E-state index contributed by atoms with van der Waals surface area (Å²) in [5, 5.41) is 1.56. The van der Waals surface area contributed by atoms with Crippen LogP contribution in [0.25, 0.3) is 10.8 Å². The van der Waals surface area contributed by atoms with Crippen LogP contribution in [0.2, 0.25) is 0 Å². The van der Waals surface area contributed by atoms with E-state index in [0.29, 0.717) is 17.8 Å². The van der Waals surface area contributed by atoms with Crippen molar-refractivity contribution in [3.05, 3.63) is 40.7 Å². The van der Waals surface area contributed by atoms with E-state index in [4.69, 9.17) is 10.5 Å². The molecular formula is C13H16N2O2. The van der Waals surface area contributed by atoms with E-state index in [9.17, 15) is 4.79 Å². The van der Waals surface area contributed by atoms with E-state index in [1.165, 1.54) is 0 Å². The van der Waals surface area contributed by atoms with E-state index in [1.54, 1.807) is 11.7 Å². The van der Waals surface area contributed by atoms with Gasteiger partial charge in [-0.25, -0.2) is 0 Å². The molecule has 1 aromatic heterocycles. The Kier molecular flexibility index (Phi) is 3.15. The number of pyridine rings is 1. The monoisotopic (exact) mass is 232 g/mol. The third kappa shape index (κ3) is 2.03. The van der Waals surface area contributed by atoms with Crippen LogP contribution in [0.15, 0.2) is 35.1 Å². The molecule has 0 bridgehead atoms. The lowest BCUT2D eigenvalue weighted by Crippen LogP contribution is -2.28. The van der Waals surface area contributed by atoms with Gasteiger partial charge in [0.15, 0.2) is 0 Å². The molecule has 17 heavy (non-hydrogen) atoms. The maximum atomic E-state index is 12.3. The molecule has 0 amide bonds. The van der Waals surface area contributed by atoms with Crippen LogP contribution in [0.1, 0.15) is 13.0 Å². The molecule has 2 rings (SSSR count). The van der Waals surface area contributed by atoms with Crippen LogP contribution in [0.4, 0.5) is 5.82 Å². The molecule has 4 heteroatoms. The Balaban J connectivity index is 2.68. The zero-order valence-electron chi connectivity index (χ0n) is 10.0. The molecule has 0 aliphatic heterocycles. The molecule has 0 spiro atoms. The first kappa shape index (κ1) is 11.7. The fraction of sp³-hybridized carbons (Fsp3) is 0.308. The number of hydrogen-bond acceptors (Lipinski definition) is 3. The number of fused-ring (bicyclic) bond motifs is 1. The summed E-state index contributed by atoms with van der Waals surface area (Å²) >= 11 is 0. The molecule has 0 fully saturated rings. The van der Waals surface area contributed by atoms with Gasteiger partial charge in [0, 0.05) is 12.5 Å². The number of benzene rings is 1. The van der Waals surface area contributed by atoms with E-state index in [-0.39, 0.29) is 11.6 Å². The number of anilines is 1. The molecular weight excluding hydrogens is 216 g/mol. The maximum absolute atomic E-state index is 12.3. The van der Waals surface area contributed by atoms with Gasteiger partial charge in [-0.1, -0.05) is 18.2 Å². The summed E-state index contributed by atoms with van der Waals surface area (Å²) in [6, 6.07) is 9.20. The Morgan fingerprint density at radius 2 is 2.12 bits per heavy atom. The molecule has 1 heterocycles. The molecule has 4 nitrogen and oxygen atoms in total. The molecule has 2 N–H and O–H groups in total. The Morgan fingerprint density at radius 1 is 1.41 bits per heavy atom. The van der Waals surface area contributed by atoms with Crippen LogP contribution in [-0.4, -0.2) is 18.3 Å². The molecule has 0 aliphatic rings. The summed E-state index contributed by atoms with van der Waals surface area (Å²) in [7, 11) is 1.61. The average Bonchev–Trinajstić information content (AvgIpc) is 2.29. The number of nitrogen functional groups attached to an aromatic ring is 1. The minimum Gasteiger partial charge on any atom is -0.385 e. The van der Waals surface area contributed by atoms with Crippen LogP contribution in [0, 0.1) is 0 Å². The summed E-state index contributed by atoms with van der Waals surface area (Å²) in [5.74, 6) is 0.471. The van der Waals surface area contributed by atoms with Crippen molar-refractivity contribution in [2.45, 2.75) is 13.0 Å². The highest BCUT2D eigenvalue weighted by Gasteiger charge is 2.12. The topological polar surface area (TPSA) is 57.2 Å². The minimum absolute atomic E-state index is 0.0647. The number of hydrogen-bond donors (Lipinski definition) is 1. The molecule has 0 saturated carbocycles. The largest absolute Gasteiger partial charge is 0.385 e. The summed E-state index contributed by atoms with van der Waals surface area (Å²) in [4.78, 5) is 12.3. The second-order valence-corrected chi connectivity index (χ2v) is 4.14. The summed E-state index contributed by atoms with van der Waals surface area (Å²) in [6.07, 6.45) is 0. The first-order valence-corrected chi connectivity index (χ1v) is 5.54. The fourth-order valence-corrected chi connectivity index (χ4v) is 2.06. The molecule has 0 saturated heterocycles. The second kappa shape index (κ2) is 4.59. The highest BCUT2D eigenvalue weighted by molar-refractivity contribution is 5.83. The van der Waals surface area contributed by atoms with Gasteiger partial charge < -0.3 is 10.5 Å². The standard InChI is InChI=1S/C13H16N2O2/c1-9(8-17-2)15-12(14)7-10-5-3-4-6-11(10)13(15)16/h3-7,9H,8,14H2,1-2H3. The van der Waals surface area contributed by atoms with Gasteiger partial charge in [-0.2, -0.15) is 0 Å². The van der Waals surface area contributed by atoms with Gasteiger partial charge in [0.2, 0.25) is 0 Å². The quantitative estimate of drug-likeness (QED) is 0.877. The lowest BCUT2D eigenvalue weighted by Gasteiger charge is -2.17. The van der Waals surface area contributed by atoms with Crippen molar-refractivity contribution in [3.8, 4) is 0 Å². The van der Waals surface area contributed by atoms with Crippen LogP contribution in [0.3, 0.4) is 0 Å². The summed E-state index contributed by atoms with van der Waals surface area (Å²) in [6.45, 7) is 2.37. The van der Waals surface area contributed by atoms with Crippen molar-refractivity contribution >= 4 is 16.6 Å². The lowest BCUT2D eigenvalue weighted by atomic mass is 10.1. The third-order valence-corrected chi connectivity index (χ3v) is 2.84. The fourth-order valence-electron chi connectivity index (χ4n) is 2.06. The van der Waals surface area contributed by atoms with Crippen molar-refractivity contribution in [1.82, 2.24) is 4.57 Å². The molecule has 1 unspecified atom stereocenters. The van der Waals surface area contributed by atoms with Crippen LogP contribution in [0.5, 0.6) is 0 Å². The molecule has 0 aliphatic carbocycles. The predicted molar refractivity (Wildman–Crippen MR) is 69.2 cm³/mol. The van der Waals surface area contributed by atoms with E-state index in [1.807, 2.05) is 37.3 Å². The first-order valence-electron chi connectivity index (χ1n) is 5.54. The van der Waals surface area contributed by atoms with Gasteiger partial charge in [0.25, 0.3) is 5.56 Å². The van der Waals surface area contributed by atoms with Gasteiger partial charge in [0.05, 0.1) is 12.6 Å². The van der Waals surface area contributed by atoms with Gasteiger partial charge in [-0.3, -0.25) is 9.36 Å². The second-order valence-electron chi connectivity index (χ2n) is 4.14.